The van der Waals surface area contributed by atoms with E-state index in [0.717, 1.165) is 29.3 Å². The molecule has 0 atom stereocenters. The fourth-order valence-corrected chi connectivity index (χ4v) is 2.50. The van der Waals surface area contributed by atoms with Crippen LogP contribution in [0.3, 0.4) is 0 Å². The maximum Gasteiger partial charge on any atom is 0.355 e. The van der Waals surface area contributed by atoms with Crippen molar-refractivity contribution in [1.29, 1.82) is 0 Å². The van der Waals surface area contributed by atoms with Crippen LogP contribution in [-0.2, 0) is 6.54 Å². The summed E-state index contributed by atoms with van der Waals surface area (Å²) in [5.74, 6) is -0.928. The number of hydrogen-bond donors (Lipinski definition) is 1. The van der Waals surface area contributed by atoms with Gasteiger partial charge in [-0.1, -0.05) is 13.3 Å². The molecule has 0 bridgehead atoms. The van der Waals surface area contributed by atoms with E-state index in [1.165, 1.54) is 11.3 Å². The topological polar surface area (TPSA) is 53.4 Å². The number of carboxylic acids is 1. The summed E-state index contributed by atoms with van der Waals surface area (Å²) in [5.41, 5.74) is 0.214. The van der Waals surface area contributed by atoms with Crippen LogP contribution >= 0.6 is 11.3 Å². The van der Waals surface area contributed by atoms with Gasteiger partial charge in [0.2, 0.25) is 0 Å². The van der Waals surface area contributed by atoms with Crippen molar-refractivity contribution in [3.8, 4) is 0 Å². The van der Waals surface area contributed by atoms with Gasteiger partial charge >= 0.3 is 5.97 Å². The van der Waals surface area contributed by atoms with Crippen LogP contribution in [0.15, 0.2) is 0 Å². The number of thiazole rings is 1. The number of carbonyl (C=O) groups is 1. The molecule has 0 aliphatic carbocycles. The standard InChI is InChI=1S/C11H18N2O2S/c1-4-5-6-13(3)7-9-10(11(14)15)12-8(2)16-9/h4-7H2,1-3H3,(H,14,15). The highest BCUT2D eigenvalue weighted by molar-refractivity contribution is 7.11. The third-order valence-electron chi connectivity index (χ3n) is 2.31. The zero-order valence-electron chi connectivity index (χ0n) is 9.99. The van der Waals surface area contributed by atoms with Crippen LogP contribution < -0.4 is 0 Å². The highest BCUT2D eigenvalue weighted by Crippen LogP contribution is 2.19. The Morgan fingerprint density at radius 2 is 2.25 bits per heavy atom. The summed E-state index contributed by atoms with van der Waals surface area (Å²) in [7, 11) is 2.01. The lowest BCUT2D eigenvalue weighted by Gasteiger charge is -2.14. The molecule has 0 unspecified atom stereocenters. The molecule has 16 heavy (non-hydrogen) atoms. The molecule has 0 amide bonds. The van der Waals surface area contributed by atoms with Crippen LogP contribution in [0.25, 0.3) is 0 Å². The third kappa shape index (κ3) is 3.57. The minimum atomic E-state index is -0.928. The zero-order chi connectivity index (χ0) is 12.1. The van der Waals surface area contributed by atoms with Crippen LogP contribution in [0.4, 0.5) is 0 Å². The van der Waals surface area contributed by atoms with Crippen LogP contribution in [0.1, 0.15) is 40.1 Å². The van der Waals surface area contributed by atoms with Crippen molar-refractivity contribution in [2.75, 3.05) is 13.6 Å². The third-order valence-corrected chi connectivity index (χ3v) is 3.27. The Labute approximate surface area is 99.9 Å². The van der Waals surface area contributed by atoms with Gasteiger partial charge in [-0.25, -0.2) is 9.78 Å². The Morgan fingerprint density at radius 3 is 2.81 bits per heavy atom. The van der Waals surface area contributed by atoms with Crippen molar-refractivity contribution >= 4 is 17.3 Å². The van der Waals surface area contributed by atoms with E-state index in [0.29, 0.717) is 6.54 Å². The predicted octanol–water partition coefficient (Wildman–Crippen LogP) is 2.38. The average molecular weight is 242 g/mol. The van der Waals surface area contributed by atoms with Gasteiger partial charge in [0, 0.05) is 6.54 Å². The lowest BCUT2D eigenvalue weighted by molar-refractivity contribution is 0.0689. The van der Waals surface area contributed by atoms with E-state index in [1.54, 1.807) is 0 Å². The SMILES string of the molecule is CCCCN(C)Cc1sc(C)nc1C(=O)O. The van der Waals surface area contributed by atoms with Gasteiger partial charge in [-0.2, -0.15) is 0 Å². The van der Waals surface area contributed by atoms with E-state index in [9.17, 15) is 4.79 Å². The van der Waals surface area contributed by atoms with E-state index >= 15 is 0 Å². The first-order valence-corrected chi connectivity index (χ1v) is 6.24. The molecule has 0 radical (unpaired) electrons. The second-order valence-corrected chi connectivity index (χ2v) is 5.19. The summed E-state index contributed by atoms with van der Waals surface area (Å²) < 4.78 is 0. The van der Waals surface area contributed by atoms with Crippen LogP contribution in [-0.4, -0.2) is 34.6 Å². The molecular weight excluding hydrogens is 224 g/mol. The molecule has 1 rings (SSSR count). The van der Waals surface area contributed by atoms with Crippen molar-refractivity contribution in [3.05, 3.63) is 15.6 Å². The Morgan fingerprint density at radius 1 is 1.56 bits per heavy atom. The van der Waals surface area contributed by atoms with E-state index in [4.69, 9.17) is 5.11 Å². The van der Waals surface area contributed by atoms with E-state index in [2.05, 4.69) is 16.8 Å². The summed E-state index contributed by atoms with van der Waals surface area (Å²) in [6, 6.07) is 0. The molecule has 0 fully saturated rings. The largest absolute Gasteiger partial charge is 0.476 e. The molecule has 0 aliphatic heterocycles. The smallest absolute Gasteiger partial charge is 0.355 e. The summed E-state index contributed by atoms with van der Waals surface area (Å²) in [5, 5.41) is 9.81. The quantitative estimate of drug-likeness (QED) is 0.832. The molecule has 0 spiro atoms. The van der Waals surface area contributed by atoms with Gasteiger partial charge < -0.3 is 10.0 Å². The average Bonchev–Trinajstić information content (AvgIpc) is 2.56. The maximum atomic E-state index is 11.0. The first-order valence-electron chi connectivity index (χ1n) is 5.42. The first-order chi connectivity index (χ1) is 7.54. The first kappa shape index (κ1) is 13.1. The Bertz CT molecular complexity index is 363. The molecule has 4 nitrogen and oxygen atoms in total. The number of aryl methyl sites for hydroxylation is 1. The minimum absolute atomic E-state index is 0.214. The number of aromatic nitrogens is 1. The summed E-state index contributed by atoms with van der Waals surface area (Å²) in [4.78, 5) is 18.0. The molecule has 0 aromatic carbocycles. The van der Waals surface area contributed by atoms with Crippen LogP contribution in [0.2, 0.25) is 0 Å². The van der Waals surface area contributed by atoms with Crippen molar-refractivity contribution in [1.82, 2.24) is 9.88 Å². The van der Waals surface area contributed by atoms with Crippen molar-refractivity contribution in [3.63, 3.8) is 0 Å². The molecule has 0 saturated carbocycles. The van der Waals surface area contributed by atoms with Crippen molar-refractivity contribution in [2.45, 2.75) is 33.2 Å². The zero-order valence-corrected chi connectivity index (χ0v) is 10.8. The van der Waals surface area contributed by atoms with Gasteiger partial charge in [0.25, 0.3) is 0 Å². The van der Waals surface area contributed by atoms with Gasteiger partial charge in [0.05, 0.1) is 9.88 Å². The lowest BCUT2D eigenvalue weighted by Crippen LogP contribution is -2.19. The molecule has 1 aromatic heterocycles. The lowest BCUT2D eigenvalue weighted by atomic mass is 10.3. The Balaban J connectivity index is 2.68. The fourth-order valence-electron chi connectivity index (χ4n) is 1.50. The molecular formula is C11H18N2O2S. The Hall–Kier alpha value is -0.940. The van der Waals surface area contributed by atoms with E-state index in [-0.39, 0.29) is 5.69 Å². The number of unbranched alkanes of at least 4 members (excludes halogenated alkanes) is 1. The highest BCUT2D eigenvalue weighted by atomic mass is 32.1. The normalized spacial score (nSPS) is 11.0. The van der Waals surface area contributed by atoms with Crippen LogP contribution in [0, 0.1) is 6.92 Å². The van der Waals surface area contributed by atoms with E-state index < -0.39 is 5.97 Å². The van der Waals surface area contributed by atoms with Gasteiger partial charge in [-0.3, -0.25) is 0 Å². The van der Waals surface area contributed by atoms with Crippen molar-refractivity contribution in [2.24, 2.45) is 0 Å². The number of hydrogen-bond acceptors (Lipinski definition) is 4. The van der Waals surface area contributed by atoms with Crippen molar-refractivity contribution < 1.29 is 9.90 Å². The predicted molar refractivity (Wildman–Crippen MR) is 65.1 cm³/mol. The summed E-state index contributed by atoms with van der Waals surface area (Å²) >= 11 is 1.47. The minimum Gasteiger partial charge on any atom is -0.476 e. The van der Waals surface area contributed by atoms with Gasteiger partial charge in [0.1, 0.15) is 0 Å². The fraction of sp³-hybridized carbons (Fsp3) is 0.636. The molecule has 0 saturated heterocycles. The van der Waals surface area contributed by atoms with E-state index in [1.807, 2.05) is 14.0 Å². The monoisotopic (exact) mass is 242 g/mol. The van der Waals surface area contributed by atoms with Gasteiger partial charge in [-0.05, 0) is 26.9 Å². The molecule has 1 aromatic rings. The molecule has 1 heterocycles. The molecule has 5 heteroatoms. The number of rotatable bonds is 6. The summed E-state index contributed by atoms with van der Waals surface area (Å²) in [6.45, 7) is 5.65. The number of aromatic carboxylic acids is 1. The molecule has 0 aliphatic rings. The molecule has 1 N–H and O–H groups in total. The highest BCUT2D eigenvalue weighted by Gasteiger charge is 2.16. The molecule has 90 valence electrons. The van der Waals surface area contributed by atoms with Gasteiger partial charge in [0.15, 0.2) is 5.69 Å². The Kier molecular flexibility index (Phi) is 4.89. The number of nitrogens with zero attached hydrogens (tertiary/aromatic N) is 2. The second kappa shape index (κ2) is 5.96. The summed E-state index contributed by atoms with van der Waals surface area (Å²) in [6.07, 6.45) is 2.29. The number of carboxylic acid groups (broad SMARTS) is 1. The second-order valence-electron chi connectivity index (χ2n) is 3.90. The maximum absolute atomic E-state index is 11.0. The van der Waals surface area contributed by atoms with Crippen LogP contribution in [0.5, 0.6) is 0 Å². The van der Waals surface area contributed by atoms with Gasteiger partial charge in [-0.15, -0.1) is 11.3 Å².